The van der Waals surface area contributed by atoms with Crippen LogP contribution in [0.5, 0.6) is 11.5 Å². The summed E-state index contributed by atoms with van der Waals surface area (Å²) in [6, 6.07) is 10.3. The third-order valence-corrected chi connectivity index (χ3v) is 4.43. The second-order valence-corrected chi connectivity index (χ2v) is 6.23. The van der Waals surface area contributed by atoms with E-state index in [1.54, 1.807) is 43.5 Å². The highest BCUT2D eigenvalue weighted by Gasteiger charge is 2.16. The number of halogens is 1. The number of carbonyl (C=O) groups is 1. The van der Waals surface area contributed by atoms with Crippen LogP contribution in [0.15, 0.2) is 46.0 Å². The Kier molecular flexibility index (Phi) is 4.97. The third kappa shape index (κ3) is 3.49. The number of rotatable bonds is 6. The van der Waals surface area contributed by atoms with Gasteiger partial charge in [-0.15, -0.1) is 0 Å². The van der Waals surface area contributed by atoms with E-state index in [9.17, 15) is 4.79 Å². The molecule has 1 aromatic heterocycles. The lowest BCUT2D eigenvalue weighted by molar-refractivity contribution is 0.101. The molecule has 0 atom stereocenters. The SMILES string of the molecule is COc1ccc(OC)c(C(=O)CSc2nc3cc(Cl)ccc3o2)c1. The number of fused-ring (bicyclic) bond motifs is 1. The molecular weight excluding hydrogens is 350 g/mol. The molecule has 0 saturated heterocycles. The first-order valence-electron chi connectivity index (χ1n) is 7.05. The molecule has 24 heavy (non-hydrogen) atoms. The van der Waals surface area contributed by atoms with Crippen LogP contribution in [0.25, 0.3) is 11.1 Å². The second-order valence-electron chi connectivity index (χ2n) is 4.87. The standard InChI is InChI=1S/C17H14ClNO4S/c1-21-11-4-6-15(22-2)12(8-11)14(20)9-24-17-19-13-7-10(18)3-5-16(13)23-17/h3-8H,9H2,1-2H3. The van der Waals surface area contributed by atoms with Crippen LogP contribution in [0.3, 0.4) is 0 Å². The maximum atomic E-state index is 12.5. The molecule has 2 aromatic carbocycles. The molecule has 0 spiro atoms. The van der Waals surface area contributed by atoms with Crippen LogP contribution in [-0.4, -0.2) is 30.7 Å². The van der Waals surface area contributed by atoms with Gasteiger partial charge in [-0.1, -0.05) is 23.4 Å². The maximum Gasteiger partial charge on any atom is 0.257 e. The molecule has 0 aliphatic heterocycles. The Balaban J connectivity index is 1.77. The van der Waals surface area contributed by atoms with Crippen molar-refractivity contribution >= 4 is 40.2 Å². The summed E-state index contributed by atoms with van der Waals surface area (Å²) in [7, 11) is 3.07. The number of benzene rings is 2. The van der Waals surface area contributed by atoms with Crippen LogP contribution < -0.4 is 9.47 Å². The van der Waals surface area contributed by atoms with E-state index in [0.29, 0.717) is 38.4 Å². The van der Waals surface area contributed by atoms with Crippen molar-refractivity contribution in [3.8, 4) is 11.5 Å². The summed E-state index contributed by atoms with van der Waals surface area (Å²) in [4.78, 5) is 16.8. The van der Waals surface area contributed by atoms with Gasteiger partial charge in [0.25, 0.3) is 5.22 Å². The number of hydrogen-bond acceptors (Lipinski definition) is 6. The predicted molar refractivity (Wildman–Crippen MR) is 93.6 cm³/mol. The molecule has 0 aliphatic carbocycles. The van der Waals surface area contributed by atoms with Crippen molar-refractivity contribution in [1.82, 2.24) is 4.98 Å². The summed E-state index contributed by atoms with van der Waals surface area (Å²) in [5.74, 6) is 1.17. The van der Waals surface area contributed by atoms with Crippen molar-refractivity contribution in [3.05, 3.63) is 47.0 Å². The van der Waals surface area contributed by atoms with E-state index in [1.165, 1.54) is 18.9 Å². The van der Waals surface area contributed by atoms with Crippen LogP contribution in [-0.2, 0) is 0 Å². The number of oxazole rings is 1. The molecule has 0 unspecified atom stereocenters. The molecular formula is C17H14ClNO4S. The molecule has 3 rings (SSSR count). The molecule has 0 aliphatic rings. The zero-order chi connectivity index (χ0) is 17.1. The van der Waals surface area contributed by atoms with Crippen molar-refractivity contribution in [2.24, 2.45) is 0 Å². The lowest BCUT2D eigenvalue weighted by atomic mass is 10.1. The number of nitrogens with zero attached hydrogens (tertiary/aromatic N) is 1. The summed E-state index contributed by atoms with van der Waals surface area (Å²) in [6.07, 6.45) is 0. The number of aromatic nitrogens is 1. The second kappa shape index (κ2) is 7.15. The first-order valence-corrected chi connectivity index (χ1v) is 8.41. The third-order valence-electron chi connectivity index (χ3n) is 3.36. The molecule has 0 bridgehead atoms. The van der Waals surface area contributed by atoms with Crippen molar-refractivity contribution in [3.63, 3.8) is 0 Å². The number of methoxy groups -OCH3 is 2. The highest BCUT2D eigenvalue weighted by molar-refractivity contribution is 7.99. The number of ketones is 1. The maximum absolute atomic E-state index is 12.5. The molecule has 0 fully saturated rings. The molecule has 0 saturated carbocycles. The number of thioether (sulfide) groups is 1. The number of Topliss-reactive ketones (excluding diaryl/α,β-unsaturated/α-hetero) is 1. The van der Waals surface area contributed by atoms with Crippen LogP contribution in [0.2, 0.25) is 5.02 Å². The minimum Gasteiger partial charge on any atom is -0.497 e. The van der Waals surface area contributed by atoms with Gasteiger partial charge in [-0.2, -0.15) is 0 Å². The Morgan fingerprint density at radius 2 is 2.04 bits per heavy atom. The van der Waals surface area contributed by atoms with Gasteiger partial charge in [0.1, 0.15) is 17.0 Å². The predicted octanol–water partition coefficient (Wildman–Crippen LogP) is 4.47. The van der Waals surface area contributed by atoms with Crippen LogP contribution in [0.1, 0.15) is 10.4 Å². The number of ether oxygens (including phenoxy) is 2. The van der Waals surface area contributed by atoms with E-state index in [-0.39, 0.29) is 11.5 Å². The average molecular weight is 364 g/mol. The minimum absolute atomic E-state index is 0.101. The van der Waals surface area contributed by atoms with Gasteiger partial charge < -0.3 is 13.9 Å². The van der Waals surface area contributed by atoms with E-state index in [4.69, 9.17) is 25.5 Å². The van der Waals surface area contributed by atoms with Gasteiger partial charge in [0, 0.05) is 5.02 Å². The Labute approximate surface area is 147 Å². The molecule has 0 radical (unpaired) electrons. The van der Waals surface area contributed by atoms with E-state index in [0.717, 1.165) is 0 Å². The van der Waals surface area contributed by atoms with Gasteiger partial charge in [0.05, 0.1) is 25.5 Å². The zero-order valence-corrected chi connectivity index (χ0v) is 14.6. The van der Waals surface area contributed by atoms with E-state index in [2.05, 4.69) is 4.98 Å². The lowest BCUT2D eigenvalue weighted by Gasteiger charge is -2.08. The van der Waals surface area contributed by atoms with Gasteiger partial charge in [-0.05, 0) is 36.4 Å². The zero-order valence-electron chi connectivity index (χ0n) is 13.0. The Bertz CT molecular complexity index is 893. The fourth-order valence-electron chi connectivity index (χ4n) is 2.18. The Morgan fingerprint density at radius 3 is 2.79 bits per heavy atom. The minimum atomic E-state index is -0.101. The van der Waals surface area contributed by atoms with Crippen molar-refractivity contribution < 1.29 is 18.7 Å². The summed E-state index contributed by atoms with van der Waals surface area (Å²) >= 11 is 7.15. The molecule has 0 N–H and O–H groups in total. The molecule has 3 aromatic rings. The summed E-state index contributed by atoms with van der Waals surface area (Å²) in [6.45, 7) is 0. The smallest absolute Gasteiger partial charge is 0.257 e. The summed E-state index contributed by atoms with van der Waals surface area (Å²) < 4.78 is 16.0. The van der Waals surface area contributed by atoms with Crippen molar-refractivity contribution in [2.75, 3.05) is 20.0 Å². The fourth-order valence-corrected chi connectivity index (χ4v) is 3.07. The normalized spacial score (nSPS) is 10.8. The quantitative estimate of drug-likeness (QED) is 0.475. The molecule has 124 valence electrons. The monoisotopic (exact) mass is 363 g/mol. The van der Waals surface area contributed by atoms with E-state index >= 15 is 0 Å². The summed E-state index contributed by atoms with van der Waals surface area (Å²) in [5.41, 5.74) is 1.76. The molecule has 1 heterocycles. The first-order chi connectivity index (χ1) is 11.6. The Morgan fingerprint density at radius 1 is 1.21 bits per heavy atom. The highest BCUT2D eigenvalue weighted by atomic mass is 35.5. The number of hydrogen-bond donors (Lipinski definition) is 0. The van der Waals surface area contributed by atoms with Gasteiger partial charge in [-0.25, -0.2) is 4.98 Å². The average Bonchev–Trinajstić information content (AvgIpc) is 3.01. The molecule has 5 nitrogen and oxygen atoms in total. The van der Waals surface area contributed by atoms with Crippen LogP contribution in [0, 0.1) is 0 Å². The lowest BCUT2D eigenvalue weighted by Crippen LogP contribution is -2.05. The van der Waals surface area contributed by atoms with Crippen molar-refractivity contribution in [1.29, 1.82) is 0 Å². The summed E-state index contributed by atoms with van der Waals surface area (Å²) in [5, 5.41) is 1.01. The largest absolute Gasteiger partial charge is 0.497 e. The van der Waals surface area contributed by atoms with Crippen LogP contribution >= 0.6 is 23.4 Å². The van der Waals surface area contributed by atoms with Crippen LogP contribution in [0.4, 0.5) is 0 Å². The van der Waals surface area contributed by atoms with Gasteiger partial charge in [0.15, 0.2) is 11.4 Å². The topological polar surface area (TPSA) is 61.6 Å². The first kappa shape index (κ1) is 16.7. The van der Waals surface area contributed by atoms with Gasteiger partial charge >= 0.3 is 0 Å². The van der Waals surface area contributed by atoms with Gasteiger partial charge in [0.2, 0.25) is 0 Å². The van der Waals surface area contributed by atoms with E-state index < -0.39 is 0 Å². The molecule has 7 heteroatoms. The van der Waals surface area contributed by atoms with E-state index in [1.807, 2.05) is 0 Å². The highest BCUT2D eigenvalue weighted by Crippen LogP contribution is 2.29. The Hall–Kier alpha value is -2.18. The van der Waals surface area contributed by atoms with Crippen molar-refractivity contribution in [2.45, 2.75) is 5.22 Å². The number of carbonyl (C=O) groups excluding carboxylic acids is 1. The fraction of sp³-hybridized carbons (Fsp3) is 0.176. The molecule has 0 amide bonds. The van der Waals surface area contributed by atoms with Gasteiger partial charge in [-0.3, -0.25) is 4.79 Å².